The maximum absolute atomic E-state index is 12.3. The molecule has 22 heavy (non-hydrogen) atoms. The minimum absolute atomic E-state index is 0.0513. The van der Waals surface area contributed by atoms with E-state index in [1.165, 1.54) is 0 Å². The highest BCUT2D eigenvalue weighted by Crippen LogP contribution is 2.13. The molecule has 1 amide bonds. The van der Waals surface area contributed by atoms with Gasteiger partial charge in [-0.05, 0) is 59.7 Å². The summed E-state index contributed by atoms with van der Waals surface area (Å²) in [6.45, 7) is 5.09. The molecule has 4 heteroatoms. The fourth-order valence-electron chi connectivity index (χ4n) is 2.04. The average molecular weight is 409 g/mol. The van der Waals surface area contributed by atoms with Crippen molar-refractivity contribution in [1.82, 2.24) is 5.32 Å². The number of carbonyl (C=O) groups excluding carboxylic acids is 1. The molecule has 1 N–H and O–H groups in total. The van der Waals surface area contributed by atoms with E-state index in [4.69, 9.17) is 4.74 Å². The second-order valence-electron chi connectivity index (χ2n) is 5.29. The lowest BCUT2D eigenvalue weighted by Gasteiger charge is -2.13. The Balaban J connectivity index is 2.02. The zero-order valence-electron chi connectivity index (χ0n) is 12.8. The Bertz CT molecular complexity index is 640. The van der Waals surface area contributed by atoms with Crippen molar-refractivity contribution >= 4 is 28.5 Å². The van der Waals surface area contributed by atoms with Crippen LogP contribution in [0, 0.1) is 3.57 Å². The van der Waals surface area contributed by atoms with Gasteiger partial charge in [0.25, 0.3) is 5.91 Å². The van der Waals surface area contributed by atoms with Gasteiger partial charge in [-0.3, -0.25) is 4.79 Å². The molecular formula is C18H20INO2. The van der Waals surface area contributed by atoms with Crippen molar-refractivity contribution in [2.75, 3.05) is 0 Å². The molecule has 2 rings (SSSR count). The van der Waals surface area contributed by atoms with Gasteiger partial charge in [-0.15, -0.1) is 0 Å². The van der Waals surface area contributed by atoms with E-state index in [9.17, 15) is 4.79 Å². The molecule has 0 aromatic heterocycles. The maximum Gasteiger partial charge on any atom is 0.252 e. The summed E-state index contributed by atoms with van der Waals surface area (Å²) >= 11 is 2.18. The van der Waals surface area contributed by atoms with Crippen molar-refractivity contribution in [2.24, 2.45) is 0 Å². The van der Waals surface area contributed by atoms with Crippen molar-refractivity contribution in [3.8, 4) is 0 Å². The zero-order chi connectivity index (χ0) is 15.9. The topological polar surface area (TPSA) is 38.3 Å². The number of hydrogen-bond donors (Lipinski definition) is 1. The summed E-state index contributed by atoms with van der Waals surface area (Å²) in [7, 11) is 0. The molecule has 0 fully saturated rings. The van der Waals surface area contributed by atoms with Gasteiger partial charge in [0, 0.05) is 10.1 Å². The molecule has 0 radical (unpaired) electrons. The van der Waals surface area contributed by atoms with Crippen LogP contribution in [0.25, 0.3) is 0 Å². The highest BCUT2D eigenvalue weighted by atomic mass is 127. The monoisotopic (exact) mass is 409 g/mol. The summed E-state index contributed by atoms with van der Waals surface area (Å²) in [6, 6.07) is 15.6. The number of rotatable bonds is 6. The first-order valence-corrected chi connectivity index (χ1v) is 8.37. The lowest BCUT2D eigenvalue weighted by atomic mass is 10.1. The van der Waals surface area contributed by atoms with Gasteiger partial charge in [0.1, 0.15) is 0 Å². The van der Waals surface area contributed by atoms with Gasteiger partial charge in [0.15, 0.2) is 0 Å². The lowest BCUT2D eigenvalue weighted by molar-refractivity contribution is 0.0651. The van der Waals surface area contributed by atoms with Crippen LogP contribution in [0.15, 0.2) is 48.5 Å². The van der Waals surface area contributed by atoms with E-state index in [-0.39, 0.29) is 12.0 Å². The second kappa shape index (κ2) is 8.29. The molecule has 0 unspecified atom stereocenters. The number of halogens is 1. The van der Waals surface area contributed by atoms with Gasteiger partial charge in [0.05, 0.1) is 18.3 Å². The number of amides is 1. The molecule has 0 saturated heterocycles. The van der Waals surface area contributed by atoms with Crippen LogP contribution >= 0.6 is 22.6 Å². The molecule has 0 saturated carbocycles. The van der Waals surface area contributed by atoms with Gasteiger partial charge in [-0.2, -0.15) is 0 Å². The molecule has 0 aliphatic heterocycles. The molecule has 0 bridgehead atoms. The Morgan fingerprint density at radius 3 is 2.41 bits per heavy atom. The Morgan fingerprint density at radius 1 is 1.09 bits per heavy atom. The standard InChI is InChI=1S/C18H20INO2/c1-13(2)22-12-15-8-4-3-7-14(15)11-20-18(21)16-9-5-6-10-17(16)19/h3-10,13H,11-12H2,1-2H3,(H,20,21). The molecule has 3 nitrogen and oxygen atoms in total. The largest absolute Gasteiger partial charge is 0.374 e. The second-order valence-corrected chi connectivity index (χ2v) is 6.45. The van der Waals surface area contributed by atoms with Crippen LogP contribution in [0.1, 0.15) is 35.3 Å². The lowest BCUT2D eigenvalue weighted by Crippen LogP contribution is -2.24. The van der Waals surface area contributed by atoms with Gasteiger partial charge in [0.2, 0.25) is 0 Å². The third kappa shape index (κ3) is 4.81. The van der Waals surface area contributed by atoms with E-state index in [2.05, 4.69) is 27.9 Å². The summed E-state index contributed by atoms with van der Waals surface area (Å²) < 4.78 is 6.62. The summed E-state index contributed by atoms with van der Waals surface area (Å²) in [6.07, 6.45) is 0.188. The Kier molecular flexibility index (Phi) is 6.39. The maximum atomic E-state index is 12.3. The third-order valence-electron chi connectivity index (χ3n) is 3.25. The van der Waals surface area contributed by atoms with Crippen LogP contribution in [0.2, 0.25) is 0 Å². The normalized spacial score (nSPS) is 10.7. The summed E-state index contributed by atoms with van der Waals surface area (Å²) in [5.41, 5.74) is 2.90. The molecule has 0 aliphatic carbocycles. The van der Waals surface area contributed by atoms with Crippen molar-refractivity contribution in [1.29, 1.82) is 0 Å². The third-order valence-corrected chi connectivity index (χ3v) is 4.19. The molecule has 0 heterocycles. The van der Waals surface area contributed by atoms with Gasteiger partial charge >= 0.3 is 0 Å². The molecular weight excluding hydrogens is 389 g/mol. The van der Waals surface area contributed by atoms with Crippen LogP contribution in [-0.2, 0) is 17.9 Å². The highest BCUT2D eigenvalue weighted by molar-refractivity contribution is 14.1. The van der Waals surface area contributed by atoms with E-state index >= 15 is 0 Å². The van der Waals surface area contributed by atoms with E-state index in [1.807, 2.05) is 62.4 Å². The van der Waals surface area contributed by atoms with Crippen molar-refractivity contribution < 1.29 is 9.53 Å². The highest BCUT2D eigenvalue weighted by Gasteiger charge is 2.10. The molecule has 0 atom stereocenters. The summed E-state index contributed by atoms with van der Waals surface area (Å²) in [4.78, 5) is 12.3. The molecule has 2 aromatic carbocycles. The molecule has 0 aliphatic rings. The van der Waals surface area contributed by atoms with E-state index in [0.29, 0.717) is 18.7 Å². The smallest absolute Gasteiger partial charge is 0.252 e. The minimum Gasteiger partial charge on any atom is -0.374 e. The van der Waals surface area contributed by atoms with Crippen molar-refractivity contribution in [3.63, 3.8) is 0 Å². The first kappa shape index (κ1) is 17.0. The average Bonchev–Trinajstić information content (AvgIpc) is 2.51. The van der Waals surface area contributed by atoms with Gasteiger partial charge in [-0.25, -0.2) is 0 Å². The van der Waals surface area contributed by atoms with E-state index < -0.39 is 0 Å². The van der Waals surface area contributed by atoms with Crippen LogP contribution < -0.4 is 5.32 Å². The summed E-state index contributed by atoms with van der Waals surface area (Å²) in [5.74, 6) is -0.0513. The zero-order valence-corrected chi connectivity index (χ0v) is 15.0. The summed E-state index contributed by atoms with van der Waals surface area (Å²) in [5, 5.41) is 2.98. The number of ether oxygens (including phenoxy) is 1. The Labute approximate surface area is 145 Å². The predicted octanol–water partition coefficient (Wildman–Crippen LogP) is 4.15. The quantitative estimate of drug-likeness (QED) is 0.729. The van der Waals surface area contributed by atoms with Crippen LogP contribution in [0.3, 0.4) is 0 Å². The Morgan fingerprint density at radius 2 is 1.73 bits per heavy atom. The van der Waals surface area contributed by atoms with Crippen LogP contribution in [0.4, 0.5) is 0 Å². The number of carbonyl (C=O) groups is 1. The van der Waals surface area contributed by atoms with Crippen molar-refractivity contribution in [2.45, 2.75) is 33.1 Å². The first-order chi connectivity index (χ1) is 10.6. The fourth-order valence-corrected chi connectivity index (χ4v) is 2.68. The predicted molar refractivity (Wildman–Crippen MR) is 96.7 cm³/mol. The molecule has 2 aromatic rings. The Hall–Kier alpha value is -1.40. The SMILES string of the molecule is CC(C)OCc1ccccc1CNC(=O)c1ccccc1I. The van der Waals surface area contributed by atoms with Crippen molar-refractivity contribution in [3.05, 3.63) is 68.8 Å². The number of benzene rings is 2. The van der Waals surface area contributed by atoms with E-state index in [0.717, 1.165) is 14.7 Å². The first-order valence-electron chi connectivity index (χ1n) is 7.29. The fraction of sp³-hybridized carbons (Fsp3) is 0.278. The van der Waals surface area contributed by atoms with Gasteiger partial charge < -0.3 is 10.1 Å². The van der Waals surface area contributed by atoms with Gasteiger partial charge in [-0.1, -0.05) is 36.4 Å². The molecule has 116 valence electrons. The number of nitrogens with one attached hydrogen (secondary N) is 1. The van der Waals surface area contributed by atoms with E-state index in [1.54, 1.807) is 0 Å². The molecule has 0 spiro atoms. The van der Waals surface area contributed by atoms with Crippen LogP contribution in [0.5, 0.6) is 0 Å². The number of hydrogen-bond acceptors (Lipinski definition) is 2. The van der Waals surface area contributed by atoms with Crippen LogP contribution in [-0.4, -0.2) is 12.0 Å². The minimum atomic E-state index is -0.0513.